The van der Waals surface area contributed by atoms with Crippen LogP contribution in [0.4, 0.5) is 0 Å². The Morgan fingerprint density at radius 2 is 2.11 bits per heavy atom. The Morgan fingerprint density at radius 3 is 3.00 bits per heavy atom. The summed E-state index contributed by atoms with van der Waals surface area (Å²) in [6.07, 6.45) is 0.995. The van der Waals surface area contributed by atoms with Gasteiger partial charge in [0.05, 0.1) is 12.6 Å². The molecule has 19 heavy (non-hydrogen) atoms. The van der Waals surface area contributed by atoms with E-state index in [2.05, 4.69) is 29.6 Å². The number of hydrogen-bond donors (Lipinski definition) is 1. The molecule has 1 aromatic carbocycles. The van der Waals surface area contributed by atoms with Crippen molar-refractivity contribution in [3.05, 3.63) is 51.7 Å². The zero-order chi connectivity index (χ0) is 12.8. The summed E-state index contributed by atoms with van der Waals surface area (Å²) >= 11 is 3.57. The van der Waals surface area contributed by atoms with Gasteiger partial charge in [-0.1, -0.05) is 12.1 Å². The van der Waals surface area contributed by atoms with E-state index in [1.807, 2.05) is 6.07 Å². The minimum atomic E-state index is -0.0319. The molecule has 0 saturated heterocycles. The maximum Gasteiger partial charge on any atom is 0.122 e. The van der Waals surface area contributed by atoms with Crippen molar-refractivity contribution >= 4 is 32.1 Å². The minimum absolute atomic E-state index is 0.0319. The standard InChI is InChI=1S/C15H13NOS2/c16-15(14-8-13-12(19-14)4-6-18-13)10-1-2-11-9(7-10)3-5-17-11/h1-2,4,6-8,15H,3,5,16H2. The van der Waals surface area contributed by atoms with Crippen LogP contribution in [-0.4, -0.2) is 6.61 Å². The number of ether oxygens (including phenoxy) is 1. The van der Waals surface area contributed by atoms with Gasteiger partial charge in [0.25, 0.3) is 0 Å². The van der Waals surface area contributed by atoms with Gasteiger partial charge in [-0.2, -0.15) is 0 Å². The van der Waals surface area contributed by atoms with Crippen LogP contribution in [0.2, 0.25) is 0 Å². The number of benzene rings is 1. The number of hydrogen-bond acceptors (Lipinski definition) is 4. The van der Waals surface area contributed by atoms with E-state index in [-0.39, 0.29) is 6.04 Å². The molecule has 4 rings (SSSR count). The van der Waals surface area contributed by atoms with Gasteiger partial charge in [0.1, 0.15) is 5.75 Å². The molecule has 0 amide bonds. The van der Waals surface area contributed by atoms with Crippen LogP contribution in [-0.2, 0) is 6.42 Å². The van der Waals surface area contributed by atoms with Crippen LogP contribution in [0.25, 0.3) is 9.40 Å². The van der Waals surface area contributed by atoms with Crippen molar-refractivity contribution in [3.8, 4) is 5.75 Å². The van der Waals surface area contributed by atoms with Gasteiger partial charge in [0.2, 0.25) is 0 Å². The van der Waals surface area contributed by atoms with Crippen LogP contribution in [0, 0.1) is 0 Å². The molecule has 1 atom stereocenters. The topological polar surface area (TPSA) is 35.2 Å². The van der Waals surface area contributed by atoms with E-state index in [4.69, 9.17) is 10.5 Å². The minimum Gasteiger partial charge on any atom is -0.493 e. The Hall–Kier alpha value is -1.36. The Bertz CT molecular complexity index is 715. The van der Waals surface area contributed by atoms with Crippen molar-refractivity contribution < 1.29 is 4.74 Å². The lowest BCUT2D eigenvalue weighted by atomic mass is 10.0. The second-order valence-corrected chi connectivity index (χ2v) is 6.80. The van der Waals surface area contributed by atoms with E-state index in [1.165, 1.54) is 25.4 Å². The van der Waals surface area contributed by atoms with Gasteiger partial charge in [0.15, 0.2) is 0 Å². The Labute approximate surface area is 119 Å². The summed E-state index contributed by atoms with van der Waals surface area (Å²) in [5, 5.41) is 2.13. The van der Waals surface area contributed by atoms with Crippen molar-refractivity contribution in [1.29, 1.82) is 0 Å². The molecule has 1 aliphatic heterocycles. The summed E-state index contributed by atoms with van der Waals surface area (Å²) in [5.74, 6) is 1.02. The van der Waals surface area contributed by atoms with Crippen molar-refractivity contribution in [2.24, 2.45) is 5.73 Å². The predicted molar refractivity (Wildman–Crippen MR) is 81.4 cm³/mol. The quantitative estimate of drug-likeness (QED) is 0.774. The molecule has 3 heterocycles. The van der Waals surface area contributed by atoms with E-state index < -0.39 is 0 Å². The SMILES string of the molecule is NC(c1ccc2c(c1)CCO2)c1cc2sccc2s1. The summed E-state index contributed by atoms with van der Waals surface area (Å²) in [6, 6.07) is 10.7. The lowest BCUT2D eigenvalue weighted by molar-refractivity contribution is 0.357. The van der Waals surface area contributed by atoms with Crippen LogP contribution in [0.5, 0.6) is 5.75 Å². The highest BCUT2D eigenvalue weighted by Crippen LogP contribution is 2.36. The van der Waals surface area contributed by atoms with E-state index in [0.29, 0.717) is 0 Å². The van der Waals surface area contributed by atoms with Crippen LogP contribution < -0.4 is 10.5 Å². The molecular weight excluding hydrogens is 274 g/mol. The van der Waals surface area contributed by atoms with Crippen LogP contribution >= 0.6 is 22.7 Å². The Morgan fingerprint density at radius 1 is 1.16 bits per heavy atom. The first-order valence-corrected chi connectivity index (χ1v) is 7.99. The van der Waals surface area contributed by atoms with Crippen molar-refractivity contribution in [3.63, 3.8) is 0 Å². The average Bonchev–Trinajstić information content (AvgIpc) is 3.11. The monoisotopic (exact) mass is 287 g/mol. The second-order valence-electron chi connectivity index (χ2n) is 4.74. The van der Waals surface area contributed by atoms with Crippen LogP contribution in [0.15, 0.2) is 35.7 Å². The highest BCUT2D eigenvalue weighted by Gasteiger charge is 2.17. The predicted octanol–water partition coefficient (Wildman–Crippen LogP) is 3.95. The molecular formula is C15H13NOS2. The maximum absolute atomic E-state index is 6.41. The summed E-state index contributed by atoms with van der Waals surface area (Å²) in [5.41, 5.74) is 8.87. The molecule has 0 radical (unpaired) electrons. The van der Waals surface area contributed by atoms with Gasteiger partial charge in [-0.3, -0.25) is 0 Å². The van der Waals surface area contributed by atoms with Gasteiger partial charge in [-0.15, -0.1) is 22.7 Å². The molecule has 0 aliphatic carbocycles. The van der Waals surface area contributed by atoms with Crippen molar-refractivity contribution in [1.82, 2.24) is 0 Å². The summed E-state index contributed by atoms with van der Waals surface area (Å²) in [7, 11) is 0. The zero-order valence-electron chi connectivity index (χ0n) is 10.3. The molecule has 1 unspecified atom stereocenters. The molecule has 0 fully saturated rings. The zero-order valence-corrected chi connectivity index (χ0v) is 11.9. The van der Waals surface area contributed by atoms with E-state index in [1.54, 1.807) is 22.7 Å². The molecule has 0 spiro atoms. The van der Waals surface area contributed by atoms with Crippen LogP contribution in [0.3, 0.4) is 0 Å². The lowest BCUT2D eigenvalue weighted by Gasteiger charge is -2.11. The summed E-state index contributed by atoms with van der Waals surface area (Å²) < 4.78 is 8.20. The maximum atomic E-state index is 6.41. The van der Waals surface area contributed by atoms with Gasteiger partial charge in [0, 0.05) is 20.7 Å². The third-order valence-electron chi connectivity index (χ3n) is 3.54. The van der Waals surface area contributed by atoms with E-state index in [0.717, 1.165) is 18.8 Å². The number of rotatable bonds is 2. The molecule has 2 N–H and O–H groups in total. The normalized spacial score (nSPS) is 15.4. The molecule has 96 valence electrons. The number of fused-ring (bicyclic) bond motifs is 2. The fraction of sp³-hybridized carbons (Fsp3) is 0.200. The summed E-state index contributed by atoms with van der Waals surface area (Å²) in [6.45, 7) is 0.794. The van der Waals surface area contributed by atoms with Gasteiger partial charge >= 0.3 is 0 Å². The smallest absolute Gasteiger partial charge is 0.122 e. The van der Waals surface area contributed by atoms with Gasteiger partial charge < -0.3 is 10.5 Å². The molecule has 2 nitrogen and oxygen atoms in total. The van der Waals surface area contributed by atoms with E-state index in [9.17, 15) is 0 Å². The third-order valence-corrected chi connectivity index (χ3v) is 5.71. The fourth-order valence-corrected chi connectivity index (χ4v) is 4.65. The first-order valence-electron chi connectivity index (χ1n) is 6.29. The largest absolute Gasteiger partial charge is 0.493 e. The second kappa shape index (κ2) is 4.34. The molecule has 0 bridgehead atoms. The first-order chi connectivity index (χ1) is 9.31. The van der Waals surface area contributed by atoms with Gasteiger partial charge in [-0.25, -0.2) is 0 Å². The lowest BCUT2D eigenvalue weighted by Crippen LogP contribution is -2.10. The number of thiophene rings is 2. The molecule has 4 heteroatoms. The van der Waals surface area contributed by atoms with Gasteiger partial charge in [-0.05, 0) is 34.7 Å². The Balaban J connectivity index is 1.73. The summed E-state index contributed by atoms with van der Waals surface area (Å²) in [4.78, 5) is 1.24. The first kappa shape index (κ1) is 11.5. The number of nitrogens with two attached hydrogens (primary N) is 1. The van der Waals surface area contributed by atoms with Crippen LogP contribution in [0.1, 0.15) is 22.0 Å². The highest BCUT2D eigenvalue weighted by molar-refractivity contribution is 7.27. The highest BCUT2D eigenvalue weighted by atomic mass is 32.1. The molecule has 0 saturated carbocycles. The van der Waals surface area contributed by atoms with Crippen molar-refractivity contribution in [2.45, 2.75) is 12.5 Å². The fourth-order valence-electron chi connectivity index (χ4n) is 2.50. The van der Waals surface area contributed by atoms with Crippen molar-refractivity contribution in [2.75, 3.05) is 6.61 Å². The van der Waals surface area contributed by atoms with E-state index >= 15 is 0 Å². The molecule has 2 aromatic heterocycles. The third kappa shape index (κ3) is 1.87. The Kier molecular flexibility index (Phi) is 2.62. The molecule has 1 aliphatic rings. The molecule has 3 aromatic rings. The average molecular weight is 287 g/mol.